The second-order valence-electron chi connectivity index (χ2n) is 7.35. The van der Waals surface area contributed by atoms with E-state index < -0.39 is 26.6 Å². The van der Waals surface area contributed by atoms with Crippen LogP contribution in [0.2, 0.25) is 0 Å². The first kappa shape index (κ1) is 21.1. The summed E-state index contributed by atoms with van der Waals surface area (Å²) in [6, 6.07) is 2.26. The second-order valence-corrected chi connectivity index (χ2v) is 9.26. The van der Waals surface area contributed by atoms with E-state index in [-0.39, 0.29) is 38.1 Å². The molecule has 28 heavy (non-hydrogen) atoms. The molecule has 2 aliphatic heterocycles. The van der Waals surface area contributed by atoms with Crippen LogP contribution in [0.5, 0.6) is 0 Å². The zero-order chi connectivity index (χ0) is 20.3. The second kappa shape index (κ2) is 8.84. The lowest BCUT2D eigenvalue weighted by Gasteiger charge is -2.40. The zero-order valence-electron chi connectivity index (χ0n) is 16.1. The van der Waals surface area contributed by atoms with E-state index >= 15 is 0 Å². The van der Waals surface area contributed by atoms with Crippen molar-refractivity contribution in [2.45, 2.75) is 43.5 Å². The summed E-state index contributed by atoms with van der Waals surface area (Å²) in [5.41, 5.74) is 0. The minimum Gasteiger partial charge on any atom is -0.339 e. The molecule has 1 atom stereocenters. The molecule has 156 valence electrons. The van der Waals surface area contributed by atoms with Gasteiger partial charge in [0.1, 0.15) is 16.5 Å². The van der Waals surface area contributed by atoms with Crippen LogP contribution < -0.4 is 0 Å². The van der Waals surface area contributed by atoms with E-state index in [4.69, 9.17) is 0 Å². The Morgan fingerprint density at radius 1 is 1.11 bits per heavy atom. The fraction of sp³-hybridized carbons (Fsp3) is 0.632. The van der Waals surface area contributed by atoms with Crippen LogP contribution in [0.15, 0.2) is 23.1 Å². The first-order chi connectivity index (χ1) is 13.3. The van der Waals surface area contributed by atoms with Crippen LogP contribution in [-0.2, 0) is 14.8 Å². The highest BCUT2D eigenvalue weighted by Gasteiger charge is 2.36. The van der Waals surface area contributed by atoms with Crippen LogP contribution in [0, 0.1) is 11.6 Å². The number of halogens is 2. The molecule has 1 unspecified atom stereocenters. The van der Waals surface area contributed by atoms with Gasteiger partial charge in [-0.2, -0.15) is 4.31 Å². The molecule has 2 heterocycles. The lowest BCUT2D eigenvalue weighted by molar-refractivity contribution is -0.139. The SMILES string of the molecule is CCCN1CCCCC1C(=O)N1CCN(S(=O)(=O)c2cc(F)ccc2F)CC1. The quantitative estimate of drug-likeness (QED) is 0.739. The number of likely N-dealkylation sites (tertiary alicyclic amines) is 1. The fourth-order valence-corrected chi connectivity index (χ4v) is 5.50. The maximum absolute atomic E-state index is 13.9. The van der Waals surface area contributed by atoms with Crippen LogP contribution >= 0.6 is 0 Å². The summed E-state index contributed by atoms with van der Waals surface area (Å²) in [6.45, 7) is 4.54. The third-order valence-corrected chi connectivity index (χ3v) is 7.38. The summed E-state index contributed by atoms with van der Waals surface area (Å²) < 4.78 is 53.8. The number of sulfonamides is 1. The topological polar surface area (TPSA) is 60.9 Å². The number of nitrogens with zero attached hydrogens (tertiary/aromatic N) is 3. The van der Waals surface area contributed by atoms with Crippen molar-refractivity contribution in [3.05, 3.63) is 29.8 Å². The fourth-order valence-electron chi connectivity index (χ4n) is 4.00. The number of benzene rings is 1. The molecule has 0 N–H and O–H groups in total. The molecule has 9 heteroatoms. The van der Waals surface area contributed by atoms with Crippen LogP contribution in [0.4, 0.5) is 8.78 Å². The molecule has 2 saturated heterocycles. The molecule has 0 radical (unpaired) electrons. The molecule has 2 aliphatic rings. The van der Waals surface area contributed by atoms with E-state index in [1.54, 1.807) is 4.90 Å². The van der Waals surface area contributed by atoms with Gasteiger partial charge in [-0.05, 0) is 50.6 Å². The van der Waals surface area contributed by atoms with Crippen molar-refractivity contribution in [3.63, 3.8) is 0 Å². The number of piperidine rings is 1. The lowest BCUT2D eigenvalue weighted by atomic mass is 10.0. The predicted molar refractivity (Wildman–Crippen MR) is 101 cm³/mol. The van der Waals surface area contributed by atoms with Crippen LogP contribution in [-0.4, -0.2) is 73.7 Å². The van der Waals surface area contributed by atoms with Crippen LogP contribution in [0.25, 0.3) is 0 Å². The highest BCUT2D eigenvalue weighted by molar-refractivity contribution is 7.89. The van der Waals surface area contributed by atoms with E-state index in [0.29, 0.717) is 6.07 Å². The number of hydrogen-bond acceptors (Lipinski definition) is 4. The lowest BCUT2D eigenvalue weighted by Crippen LogP contribution is -2.56. The molecule has 6 nitrogen and oxygen atoms in total. The summed E-state index contributed by atoms with van der Waals surface area (Å²) in [6.07, 6.45) is 3.92. The summed E-state index contributed by atoms with van der Waals surface area (Å²) in [5, 5.41) is 0. The Kier molecular flexibility index (Phi) is 6.67. The summed E-state index contributed by atoms with van der Waals surface area (Å²) in [4.78, 5) is 16.2. The van der Waals surface area contributed by atoms with Gasteiger partial charge in [-0.3, -0.25) is 9.69 Å². The van der Waals surface area contributed by atoms with E-state index in [0.717, 1.165) is 55.2 Å². The highest BCUT2D eigenvalue weighted by Crippen LogP contribution is 2.24. The molecule has 0 saturated carbocycles. The van der Waals surface area contributed by atoms with E-state index in [9.17, 15) is 22.0 Å². The van der Waals surface area contributed by atoms with Crippen molar-refractivity contribution in [3.8, 4) is 0 Å². The molecule has 1 amide bonds. The number of rotatable bonds is 5. The first-order valence-electron chi connectivity index (χ1n) is 9.82. The third kappa shape index (κ3) is 4.36. The van der Waals surface area contributed by atoms with E-state index in [1.807, 2.05) is 0 Å². The molecule has 1 aromatic rings. The maximum Gasteiger partial charge on any atom is 0.246 e. The van der Waals surface area contributed by atoms with Gasteiger partial charge >= 0.3 is 0 Å². The molecule has 0 spiro atoms. The molecule has 3 rings (SSSR count). The van der Waals surface area contributed by atoms with Crippen molar-refractivity contribution in [1.82, 2.24) is 14.1 Å². The Bertz CT molecular complexity index is 809. The van der Waals surface area contributed by atoms with Gasteiger partial charge in [0.25, 0.3) is 0 Å². The van der Waals surface area contributed by atoms with Crippen LogP contribution in [0.1, 0.15) is 32.6 Å². The van der Waals surface area contributed by atoms with E-state index in [2.05, 4.69) is 11.8 Å². The molecule has 0 bridgehead atoms. The molecular weight excluding hydrogens is 388 g/mol. The van der Waals surface area contributed by atoms with Crippen molar-refractivity contribution in [1.29, 1.82) is 0 Å². The zero-order valence-corrected chi connectivity index (χ0v) is 16.9. The minimum atomic E-state index is -4.14. The Morgan fingerprint density at radius 3 is 2.50 bits per heavy atom. The van der Waals surface area contributed by atoms with Crippen LogP contribution in [0.3, 0.4) is 0 Å². The number of carbonyl (C=O) groups excluding carboxylic acids is 1. The van der Waals surface area contributed by atoms with Crippen molar-refractivity contribution < 1.29 is 22.0 Å². The number of piperazine rings is 1. The summed E-state index contributed by atoms with van der Waals surface area (Å²) >= 11 is 0. The third-order valence-electron chi connectivity index (χ3n) is 5.47. The summed E-state index contributed by atoms with van der Waals surface area (Å²) in [5.74, 6) is -1.73. The normalized spacial score (nSPS) is 22.4. The monoisotopic (exact) mass is 415 g/mol. The number of amides is 1. The largest absolute Gasteiger partial charge is 0.339 e. The maximum atomic E-state index is 13.9. The van der Waals surface area contributed by atoms with Crippen molar-refractivity contribution in [2.24, 2.45) is 0 Å². The van der Waals surface area contributed by atoms with Crippen molar-refractivity contribution in [2.75, 3.05) is 39.3 Å². The standard InChI is InChI=1S/C19H27F2N3O3S/c1-2-8-22-9-4-3-5-17(22)19(25)23-10-12-24(13-11-23)28(26,27)18-14-15(20)6-7-16(18)21/h6-7,14,17H,2-5,8-13H2,1H3. The Hall–Kier alpha value is -1.58. The van der Waals surface area contributed by atoms with Crippen molar-refractivity contribution >= 4 is 15.9 Å². The van der Waals surface area contributed by atoms with Gasteiger partial charge in [-0.1, -0.05) is 13.3 Å². The van der Waals surface area contributed by atoms with Gasteiger partial charge in [0, 0.05) is 26.2 Å². The minimum absolute atomic E-state index is 0.0436. The highest BCUT2D eigenvalue weighted by atomic mass is 32.2. The molecule has 2 fully saturated rings. The molecule has 1 aromatic carbocycles. The van der Waals surface area contributed by atoms with Gasteiger partial charge in [0.2, 0.25) is 15.9 Å². The van der Waals surface area contributed by atoms with E-state index in [1.165, 1.54) is 0 Å². The van der Waals surface area contributed by atoms with Gasteiger partial charge in [-0.25, -0.2) is 17.2 Å². The van der Waals surface area contributed by atoms with Gasteiger partial charge < -0.3 is 4.90 Å². The van der Waals surface area contributed by atoms with Gasteiger partial charge in [0.15, 0.2) is 0 Å². The number of carbonyl (C=O) groups is 1. The predicted octanol–water partition coefficient (Wildman–Crippen LogP) is 2.06. The van der Waals surface area contributed by atoms with Gasteiger partial charge in [-0.15, -0.1) is 0 Å². The smallest absolute Gasteiger partial charge is 0.246 e. The average Bonchev–Trinajstić information content (AvgIpc) is 2.70. The molecule has 0 aliphatic carbocycles. The molecular formula is C19H27F2N3O3S. The first-order valence-corrected chi connectivity index (χ1v) is 11.3. The number of hydrogen-bond donors (Lipinski definition) is 0. The Morgan fingerprint density at radius 2 is 1.82 bits per heavy atom. The molecule has 0 aromatic heterocycles. The Balaban J connectivity index is 1.66. The summed E-state index contributed by atoms with van der Waals surface area (Å²) in [7, 11) is -4.14. The average molecular weight is 416 g/mol. The Labute approximate surface area is 165 Å². The van der Waals surface area contributed by atoms with Gasteiger partial charge in [0.05, 0.1) is 6.04 Å².